The first kappa shape index (κ1) is 60.3. The van der Waals surface area contributed by atoms with Gasteiger partial charge in [-0.25, -0.2) is 18.7 Å². The van der Waals surface area contributed by atoms with Crippen molar-refractivity contribution >= 4 is 72.8 Å². The number of rotatable bonds is 24. The van der Waals surface area contributed by atoms with Gasteiger partial charge in [-0.15, -0.1) is 9.42 Å². The normalized spacial score (nSPS) is 21.7. The van der Waals surface area contributed by atoms with Gasteiger partial charge in [0.2, 0.25) is 23.7 Å². The number of amides is 2. The first-order valence-corrected chi connectivity index (χ1v) is 29.4. The summed E-state index contributed by atoms with van der Waals surface area (Å²) in [5.41, 5.74) is -2.31. The van der Waals surface area contributed by atoms with E-state index >= 15 is 8.78 Å². The zero-order chi connectivity index (χ0) is 59.3. The van der Waals surface area contributed by atoms with Crippen molar-refractivity contribution in [2.75, 3.05) is 44.7 Å². The number of aromatic amines is 2. The number of alkyl halides is 2. The Kier molecular flexibility index (Phi) is 18.6. The van der Waals surface area contributed by atoms with E-state index in [2.05, 4.69) is 40.5 Å². The molecule has 26 nitrogen and oxygen atoms in total. The Hall–Kier alpha value is -7.32. The molecule has 31 heteroatoms. The Morgan fingerprint density at radius 1 is 0.771 bits per heavy atom. The fourth-order valence-corrected chi connectivity index (χ4v) is 11.8. The van der Waals surface area contributed by atoms with Crippen LogP contribution in [0.4, 0.5) is 20.7 Å². The van der Waals surface area contributed by atoms with Crippen LogP contribution in [-0.2, 0) is 63.9 Å². The summed E-state index contributed by atoms with van der Waals surface area (Å²) in [7, 11) is -0.487. The van der Waals surface area contributed by atoms with E-state index < -0.39 is 124 Å². The first-order valence-electron chi connectivity index (χ1n) is 25.7. The Balaban J connectivity index is 1.10. The third kappa shape index (κ3) is 12.8. The van der Waals surface area contributed by atoms with Crippen molar-refractivity contribution < 1.29 is 69.6 Å². The van der Waals surface area contributed by atoms with Crippen molar-refractivity contribution in [3.63, 3.8) is 0 Å². The highest BCUT2D eigenvalue weighted by molar-refractivity contribution is 8.07. The maximum atomic E-state index is 18.1. The van der Waals surface area contributed by atoms with Crippen molar-refractivity contribution in [1.82, 2.24) is 39.0 Å². The topological polar surface area (TPSA) is 330 Å². The van der Waals surface area contributed by atoms with Gasteiger partial charge in [-0.05, 0) is 52.8 Å². The minimum Gasteiger partial charge on any atom is -0.497 e. The van der Waals surface area contributed by atoms with Crippen LogP contribution < -0.4 is 31.2 Å². The molecule has 2 amide bonds. The molecule has 9 rings (SSSR count). The molecule has 2 aliphatic rings. The van der Waals surface area contributed by atoms with Crippen molar-refractivity contribution in [3.8, 4) is 17.6 Å². The molecular formula is C52H56F2N11O15P2S+. The molecule has 0 spiro atoms. The number of imidazole rings is 2. The smallest absolute Gasteiger partial charge is 0.497 e. The molecule has 5 N–H and O–H groups in total. The summed E-state index contributed by atoms with van der Waals surface area (Å²) in [5, 5.41) is 14.6. The second-order valence-electron chi connectivity index (χ2n) is 19.5. The summed E-state index contributed by atoms with van der Waals surface area (Å²) in [6.45, 7) is 0.177. The van der Waals surface area contributed by atoms with E-state index in [1.807, 2.05) is 36.4 Å². The maximum absolute atomic E-state index is 18.1. The first-order chi connectivity index (χ1) is 39.8. The minimum absolute atomic E-state index is 0.208. The highest BCUT2D eigenvalue weighted by Crippen LogP contribution is 2.55. The number of hydrogen-bond donors (Lipinski definition) is 5. The number of halogens is 2. The molecule has 3 aromatic carbocycles. The molecule has 2 saturated heterocycles. The van der Waals surface area contributed by atoms with E-state index in [1.54, 1.807) is 76.2 Å². The quantitative estimate of drug-likeness (QED) is 0.0244. The van der Waals surface area contributed by atoms with Gasteiger partial charge in [-0.1, -0.05) is 82.3 Å². The Morgan fingerprint density at radius 3 is 1.70 bits per heavy atom. The molecule has 438 valence electrons. The molecule has 2 fully saturated rings. The Morgan fingerprint density at radius 2 is 1.24 bits per heavy atom. The van der Waals surface area contributed by atoms with E-state index in [4.69, 9.17) is 53.6 Å². The van der Waals surface area contributed by atoms with Crippen LogP contribution in [-0.4, -0.2) is 127 Å². The lowest BCUT2D eigenvalue weighted by molar-refractivity contribution is -0.119. The molecule has 7 aromatic rings. The van der Waals surface area contributed by atoms with Crippen LogP contribution in [0.15, 0.2) is 101 Å². The number of H-pyrrole nitrogens is 2. The molecule has 2 unspecified atom stereocenters. The zero-order valence-corrected chi connectivity index (χ0v) is 47.7. The number of anilines is 2. The van der Waals surface area contributed by atoms with Crippen LogP contribution in [0.3, 0.4) is 0 Å². The third-order valence-corrected chi connectivity index (χ3v) is 16.2. The largest absolute Gasteiger partial charge is 0.695 e. The number of nitrogens with one attached hydrogen (secondary N) is 4. The van der Waals surface area contributed by atoms with Crippen LogP contribution in [0.1, 0.15) is 63.3 Å². The molecule has 2 aliphatic heterocycles. The number of nitriles is 1. The lowest BCUT2D eigenvalue weighted by Gasteiger charge is -2.37. The Labute approximate surface area is 476 Å². The lowest BCUT2D eigenvalue weighted by atomic mass is 9.80. The average molecular weight is 1210 g/mol. The number of ether oxygens (including phenoxy) is 5. The van der Waals surface area contributed by atoms with E-state index in [-0.39, 0.29) is 40.6 Å². The fraction of sp³-hybridized carbons (Fsp3) is 0.404. The van der Waals surface area contributed by atoms with Gasteiger partial charge in [-0.2, -0.15) is 15.2 Å². The molecule has 4 aromatic heterocycles. The predicted octanol–water partition coefficient (Wildman–Crippen LogP) is 6.53. The number of carbonyl (C=O) groups excluding carboxylic acids is 2. The molecule has 10 atom stereocenters. The van der Waals surface area contributed by atoms with Crippen molar-refractivity contribution in [2.45, 2.75) is 88.9 Å². The number of nitrogens with zero attached hydrogens (tertiary/aromatic N) is 7. The number of fused-ring (bicyclic) bond motifs is 2. The van der Waals surface area contributed by atoms with E-state index in [1.165, 1.54) is 14.2 Å². The van der Waals surface area contributed by atoms with E-state index in [0.29, 0.717) is 28.2 Å². The number of benzene rings is 3. The van der Waals surface area contributed by atoms with Crippen LogP contribution in [0, 0.1) is 23.2 Å². The van der Waals surface area contributed by atoms with Crippen LogP contribution in [0.5, 0.6) is 11.5 Å². The third-order valence-electron chi connectivity index (χ3n) is 13.4. The Bertz CT molecular complexity index is 3650. The van der Waals surface area contributed by atoms with E-state index in [9.17, 15) is 33.9 Å². The van der Waals surface area contributed by atoms with Crippen LogP contribution in [0.25, 0.3) is 22.3 Å². The van der Waals surface area contributed by atoms with Gasteiger partial charge in [-0.3, -0.25) is 53.4 Å². The molecule has 6 heterocycles. The molecule has 0 aliphatic carbocycles. The highest BCUT2D eigenvalue weighted by atomic mass is 32.5. The van der Waals surface area contributed by atoms with Crippen molar-refractivity contribution in [1.29, 1.82) is 5.26 Å². The second-order valence-corrected chi connectivity index (χ2v) is 23.1. The number of hydrogen-bond acceptors (Lipinski definition) is 20. The van der Waals surface area contributed by atoms with Crippen LogP contribution in [0.2, 0.25) is 0 Å². The molecule has 0 bridgehead atoms. The SMILES string of the molecule is COc1ccc(C(OC[C@H]2O[C@@H](n3cnc4c(=O)[nH]c(NC(=O)C(C)C)nc43)[C@H](F)[C@@H]2OP(=S)(OCCC#N)OC[C@H]2O[C@@H](n3cnc4c(=O)[nH]c(NC(=O)C(C)C)nc43)[C@H](F)[C@@H]2O[P+](=O)O)(c2ccccc2)c2ccc(OC)cc2)cc1. The molecular weight excluding hydrogens is 1150 g/mol. The molecule has 83 heavy (non-hydrogen) atoms. The van der Waals surface area contributed by atoms with Gasteiger partial charge < -0.3 is 32.7 Å². The van der Waals surface area contributed by atoms with Gasteiger partial charge in [0.25, 0.3) is 11.1 Å². The number of methoxy groups -OCH3 is 2. The average Bonchev–Trinajstić information content (AvgIpc) is 2.94. The second kappa shape index (κ2) is 25.7. The maximum Gasteiger partial charge on any atom is 0.695 e. The van der Waals surface area contributed by atoms with Gasteiger partial charge >= 0.3 is 15.0 Å². The summed E-state index contributed by atoms with van der Waals surface area (Å²) in [4.78, 5) is 83.6. The molecule has 0 saturated carbocycles. The van der Waals surface area contributed by atoms with E-state index in [0.717, 1.165) is 21.8 Å². The summed E-state index contributed by atoms with van der Waals surface area (Å²) in [6, 6.07) is 25.2. The summed E-state index contributed by atoms with van der Waals surface area (Å²) in [5.74, 6) is -1.53. The minimum atomic E-state index is -4.48. The van der Waals surface area contributed by atoms with Gasteiger partial charge in [0.15, 0.2) is 53.2 Å². The monoisotopic (exact) mass is 1210 g/mol. The van der Waals surface area contributed by atoms with Crippen molar-refractivity contribution in [3.05, 3.63) is 129 Å². The standard InChI is InChI=1S/C52H55F2N11O15P2S/c1-27(2)44(66)60-50-58-42-38(46(68)62-50)56-25-64(42)48-36(53)40(79-81(70)71)35(78-48)24-76-82(83,75-22-10-21-55)80-41-34(77-49(37(41)54)65-26-57-39-43(65)59-51(63-47(39)69)61-45(67)28(3)4)23-74-52(29-11-8-7-9-12-29,30-13-17-32(72-5)18-14-30)31-15-19-33(73-6)20-16-31/h7-9,11-20,25-28,34-37,40-41,48-49H,10,22-24H2,1-6H3,(H4-,58,59,60,61,62,63,66,67,68,69,70,71)/p+1/t34-,35-,36-,37-,40-,41-,48-,49-,82?/m1/s1. The predicted molar refractivity (Wildman–Crippen MR) is 295 cm³/mol. The summed E-state index contributed by atoms with van der Waals surface area (Å²) in [6.07, 6.45) is -13.2. The molecule has 0 radical (unpaired) electrons. The number of carbonyl (C=O) groups is 2. The number of aromatic nitrogens is 8. The van der Waals surface area contributed by atoms with Crippen molar-refractivity contribution in [2.24, 2.45) is 11.8 Å². The fourth-order valence-electron chi connectivity index (χ4n) is 9.22. The van der Waals surface area contributed by atoms with Gasteiger partial charge in [0, 0.05) is 16.4 Å². The van der Waals surface area contributed by atoms with Gasteiger partial charge in [0.05, 0.1) is 59.2 Å². The van der Waals surface area contributed by atoms with Crippen LogP contribution >= 0.6 is 15.0 Å². The lowest BCUT2D eigenvalue weighted by Crippen LogP contribution is -2.40. The highest BCUT2D eigenvalue weighted by Gasteiger charge is 2.55. The van der Waals surface area contributed by atoms with Gasteiger partial charge in [0.1, 0.15) is 35.4 Å². The zero-order valence-electron chi connectivity index (χ0n) is 45.1. The summed E-state index contributed by atoms with van der Waals surface area (Å²) < 4.78 is 104. The summed E-state index contributed by atoms with van der Waals surface area (Å²) >= 11 is 5.98.